The Kier molecular flexibility index (Phi) is 8.40. The Morgan fingerprint density at radius 1 is 1.29 bits per heavy atom. The summed E-state index contributed by atoms with van der Waals surface area (Å²) in [6, 6.07) is -0.0466. The zero-order chi connectivity index (χ0) is 13.3. The average molecular weight is 245 g/mol. The van der Waals surface area contributed by atoms with Gasteiger partial charge in [0.05, 0.1) is 13.0 Å². The maximum absolute atomic E-state index is 11.5. The van der Waals surface area contributed by atoms with Crippen LogP contribution in [0.4, 0.5) is 0 Å². The van der Waals surface area contributed by atoms with Gasteiger partial charge in [-0.3, -0.25) is 9.59 Å². The monoisotopic (exact) mass is 245 g/mol. The molecule has 100 valence electrons. The lowest BCUT2D eigenvalue weighted by Gasteiger charge is -2.21. The van der Waals surface area contributed by atoms with Crippen molar-refractivity contribution in [1.82, 2.24) is 5.32 Å². The molecule has 0 rings (SSSR count). The molecular formula is C12H23NO4. The van der Waals surface area contributed by atoms with Gasteiger partial charge in [0.2, 0.25) is 5.91 Å². The Balaban J connectivity index is 3.93. The number of hydrogen-bond acceptors (Lipinski definition) is 4. The summed E-state index contributed by atoms with van der Waals surface area (Å²) in [4.78, 5) is 22.6. The van der Waals surface area contributed by atoms with Crippen LogP contribution in [0.1, 0.15) is 40.0 Å². The second-order valence-electron chi connectivity index (χ2n) is 4.24. The maximum Gasteiger partial charge on any atom is 0.306 e. The van der Waals surface area contributed by atoms with Crippen molar-refractivity contribution in [2.75, 3.05) is 13.2 Å². The first-order valence-corrected chi connectivity index (χ1v) is 6.07. The SMILES string of the molecule is CCOC(=O)CCC(=O)NC(CCO)C(C)C. The molecule has 17 heavy (non-hydrogen) atoms. The lowest BCUT2D eigenvalue weighted by Crippen LogP contribution is -2.39. The van der Waals surface area contributed by atoms with Gasteiger partial charge in [-0.05, 0) is 19.3 Å². The van der Waals surface area contributed by atoms with Crippen molar-refractivity contribution in [3.63, 3.8) is 0 Å². The van der Waals surface area contributed by atoms with E-state index >= 15 is 0 Å². The Morgan fingerprint density at radius 3 is 2.41 bits per heavy atom. The van der Waals surface area contributed by atoms with E-state index in [1.165, 1.54) is 0 Å². The number of amides is 1. The zero-order valence-corrected chi connectivity index (χ0v) is 10.9. The van der Waals surface area contributed by atoms with Crippen LogP contribution in [-0.2, 0) is 14.3 Å². The molecule has 0 radical (unpaired) electrons. The molecule has 1 unspecified atom stereocenters. The highest BCUT2D eigenvalue weighted by Crippen LogP contribution is 2.06. The van der Waals surface area contributed by atoms with Gasteiger partial charge in [0, 0.05) is 19.1 Å². The molecule has 5 heteroatoms. The molecule has 0 aliphatic heterocycles. The molecule has 1 atom stereocenters. The summed E-state index contributed by atoms with van der Waals surface area (Å²) in [5.74, 6) is -0.273. The fraction of sp³-hybridized carbons (Fsp3) is 0.833. The molecule has 0 saturated heterocycles. The van der Waals surface area contributed by atoms with Crippen molar-refractivity contribution < 1.29 is 19.4 Å². The van der Waals surface area contributed by atoms with Crippen LogP contribution in [0.3, 0.4) is 0 Å². The molecule has 0 bridgehead atoms. The second kappa shape index (κ2) is 8.98. The minimum Gasteiger partial charge on any atom is -0.466 e. The van der Waals surface area contributed by atoms with E-state index in [1.54, 1.807) is 6.92 Å². The molecule has 0 saturated carbocycles. The lowest BCUT2D eigenvalue weighted by atomic mass is 10.0. The standard InChI is InChI=1S/C12H23NO4/c1-4-17-12(16)6-5-11(15)13-10(7-8-14)9(2)3/h9-10,14H,4-8H2,1-3H3,(H,13,15). The van der Waals surface area contributed by atoms with Crippen molar-refractivity contribution in [3.8, 4) is 0 Å². The number of hydrogen-bond donors (Lipinski definition) is 2. The van der Waals surface area contributed by atoms with Crippen molar-refractivity contribution in [2.45, 2.75) is 46.1 Å². The Bertz CT molecular complexity index is 241. The van der Waals surface area contributed by atoms with Crippen LogP contribution in [0.2, 0.25) is 0 Å². The number of esters is 1. The van der Waals surface area contributed by atoms with Gasteiger partial charge in [0.1, 0.15) is 0 Å². The van der Waals surface area contributed by atoms with Crippen molar-refractivity contribution in [3.05, 3.63) is 0 Å². The minimum absolute atomic E-state index is 0.0427. The molecule has 0 spiro atoms. The molecule has 1 amide bonds. The van der Waals surface area contributed by atoms with Gasteiger partial charge in [0.15, 0.2) is 0 Å². The van der Waals surface area contributed by atoms with Gasteiger partial charge in [-0.1, -0.05) is 13.8 Å². The third-order valence-corrected chi connectivity index (χ3v) is 2.45. The van der Waals surface area contributed by atoms with E-state index in [0.717, 1.165) is 0 Å². The lowest BCUT2D eigenvalue weighted by molar-refractivity contribution is -0.144. The zero-order valence-electron chi connectivity index (χ0n) is 10.9. The summed E-state index contributed by atoms with van der Waals surface area (Å²) in [7, 11) is 0. The molecular weight excluding hydrogens is 222 g/mol. The van der Waals surface area contributed by atoms with E-state index in [-0.39, 0.29) is 43.3 Å². The van der Waals surface area contributed by atoms with Gasteiger partial charge in [-0.2, -0.15) is 0 Å². The largest absolute Gasteiger partial charge is 0.466 e. The Morgan fingerprint density at radius 2 is 1.94 bits per heavy atom. The number of nitrogens with one attached hydrogen (secondary N) is 1. The predicted octanol–water partition coefficient (Wildman–Crippen LogP) is 0.853. The molecule has 0 heterocycles. The summed E-state index contributed by atoms with van der Waals surface area (Å²) in [6.07, 6.45) is 0.764. The normalized spacial score (nSPS) is 12.3. The third kappa shape index (κ3) is 7.74. The fourth-order valence-corrected chi connectivity index (χ4v) is 1.44. The maximum atomic E-state index is 11.5. The first-order valence-electron chi connectivity index (χ1n) is 6.07. The summed E-state index contributed by atoms with van der Waals surface area (Å²) < 4.78 is 4.73. The molecule has 2 N–H and O–H groups in total. The van der Waals surface area contributed by atoms with E-state index < -0.39 is 0 Å². The Labute approximate surface area is 103 Å². The van der Waals surface area contributed by atoms with E-state index in [4.69, 9.17) is 9.84 Å². The van der Waals surface area contributed by atoms with Gasteiger partial charge in [-0.25, -0.2) is 0 Å². The Hall–Kier alpha value is -1.10. The van der Waals surface area contributed by atoms with Crippen LogP contribution >= 0.6 is 0 Å². The van der Waals surface area contributed by atoms with E-state index in [9.17, 15) is 9.59 Å². The van der Waals surface area contributed by atoms with Gasteiger partial charge in [0.25, 0.3) is 0 Å². The summed E-state index contributed by atoms with van der Waals surface area (Å²) in [5, 5.41) is 11.7. The average Bonchev–Trinajstić information content (AvgIpc) is 2.26. The van der Waals surface area contributed by atoms with Gasteiger partial charge in [-0.15, -0.1) is 0 Å². The molecule has 0 aliphatic rings. The molecule has 0 aromatic heterocycles. The van der Waals surface area contributed by atoms with Gasteiger partial charge >= 0.3 is 5.97 Å². The molecule has 0 aromatic rings. The first-order chi connectivity index (χ1) is 8.01. The number of ether oxygens (including phenoxy) is 1. The van der Waals surface area contributed by atoms with Crippen molar-refractivity contribution in [1.29, 1.82) is 0 Å². The van der Waals surface area contributed by atoms with Crippen LogP contribution in [0.5, 0.6) is 0 Å². The van der Waals surface area contributed by atoms with E-state index in [0.29, 0.717) is 13.0 Å². The third-order valence-electron chi connectivity index (χ3n) is 2.45. The molecule has 0 fully saturated rings. The number of rotatable bonds is 8. The smallest absolute Gasteiger partial charge is 0.306 e. The van der Waals surface area contributed by atoms with Crippen LogP contribution in [0, 0.1) is 5.92 Å². The highest BCUT2D eigenvalue weighted by molar-refractivity contribution is 5.81. The number of aliphatic hydroxyl groups excluding tert-OH is 1. The molecule has 0 aliphatic carbocycles. The van der Waals surface area contributed by atoms with E-state index in [1.807, 2.05) is 13.8 Å². The molecule has 5 nitrogen and oxygen atoms in total. The quantitative estimate of drug-likeness (QED) is 0.622. The summed E-state index contributed by atoms with van der Waals surface area (Å²) >= 11 is 0. The highest BCUT2D eigenvalue weighted by atomic mass is 16.5. The highest BCUT2D eigenvalue weighted by Gasteiger charge is 2.16. The molecule has 0 aromatic carbocycles. The van der Waals surface area contributed by atoms with Crippen molar-refractivity contribution >= 4 is 11.9 Å². The van der Waals surface area contributed by atoms with Crippen LogP contribution < -0.4 is 5.32 Å². The fourth-order valence-electron chi connectivity index (χ4n) is 1.44. The second-order valence-corrected chi connectivity index (χ2v) is 4.24. The van der Waals surface area contributed by atoms with Crippen LogP contribution in [0.25, 0.3) is 0 Å². The topological polar surface area (TPSA) is 75.6 Å². The van der Waals surface area contributed by atoms with Crippen molar-refractivity contribution in [2.24, 2.45) is 5.92 Å². The van der Waals surface area contributed by atoms with E-state index in [2.05, 4.69) is 5.32 Å². The number of carbonyl (C=O) groups is 2. The first kappa shape index (κ1) is 15.9. The summed E-state index contributed by atoms with van der Waals surface area (Å²) in [5.41, 5.74) is 0. The predicted molar refractivity (Wildman–Crippen MR) is 64.3 cm³/mol. The summed E-state index contributed by atoms with van der Waals surface area (Å²) in [6.45, 7) is 6.06. The number of aliphatic hydroxyl groups is 1. The minimum atomic E-state index is -0.356. The van der Waals surface area contributed by atoms with Crippen LogP contribution in [0.15, 0.2) is 0 Å². The van der Waals surface area contributed by atoms with Gasteiger partial charge < -0.3 is 15.2 Å². The number of carbonyl (C=O) groups excluding carboxylic acids is 2. The van der Waals surface area contributed by atoms with Crippen LogP contribution in [-0.4, -0.2) is 36.2 Å².